The van der Waals surface area contributed by atoms with E-state index in [1.807, 2.05) is 0 Å². The van der Waals surface area contributed by atoms with Crippen molar-refractivity contribution in [3.63, 3.8) is 0 Å². The molecular formula is C16H17ClN2O3. The fourth-order valence-electron chi connectivity index (χ4n) is 2.02. The summed E-state index contributed by atoms with van der Waals surface area (Å²) in [6.07, 6.45) is 0.109. The van der Waals surface area contributed by atoms with Gasteiger partial charge in [0.05, 0.1) is 31.4 Å². The van der Waals surface area contributed by atoms with Crippen LogP contribution in [0, 0.1) is 0 Å². The number of ether oxygens (including phenoxy) is 2. The number of halogens is 1. The van der Waals surface area contributed by atoms with E-state index in [2.05, 4.69) is 5.32 Å². The lowest BCUT2D eigenvalue weighted by atomic mass is 10.1. The Morgan fingerprint density at radius 1 is 1.18 bits per heavy atom. The van der Waals surface area contributed by atoms with Crippen LogP contribution in [0.3, 0.4) is 0 Å². The van der Waals surface area contributed by atoms with Gasteiger partial charge in [0.1, 0.15) is 0 Å². The lowest BCUT2D eigenvalue weighted by Crippen LogP contribution is -2.15. The number of carbonyl (C=O) groups is 1. The van der Waals surface area contributed by atoms with E-state index in [0.29, 0.717) is 33.5 Å². The van der Waals surface area contributed by atoms with Gasteiger partial charge in [0.25, 0.3) is 0 Å². The van der Waals surface area contributed by atoms with E-state index < -0.39 is 0 Å². The number of hydrogen-bond donors (Lipinski definition) is 2. The number of nitrogens with one attached hydrogen (secondary N) is 1. The summed E-state index contributed by atoms with van der Waals surface area (Å²) in [6.45, 7) is 0. The molecule has 0 fully saturated rings. The molecule has 22 heavy (non-hydrogen) atoms. The van der Waals surface area contributed by atoms with Crippen molar-refractivity contribution in [3.8, 4) is 11.5 Å². The monoisotopic (exact) mass is 320 g/mol. The third-order valence-electron chi connectivity index (χ3n) is 3.14. The first-order valence-electron chi connectivity index (χ1n) is 6.60. The van der Waals surface area contributed by atoms with Crippen LogP contribution >= 0.6 is 11.6 Å². The molecule has 0 aliphatic carbocycles. The number of nitrogens with two attached hydrogens (primary N) is 1. The van der Waals surface area contributed by atoms with Crippen molar-refractivity contribution in [1.82, 2.24) is 0 Å². The van der Waals surface area contributed by atoms with Gasteiger partial charge in [-0.1, -0.05) is 23.7 Å². The van der Waals surface area contributed by atoms with Gasteiger partial charge in [-0.15, -0.1) is 0 Å². The fourth-order valence-corrected chi connectivity index (χ4v) is 2.20. The molecule has 6 heteroatoms. The maximum Gasteiger partial charge on any atom is 0.228 e. The normalized spacial score (nSPS) is 10.1. The Labute approximate surface area is 134 Å². The summed E-state index contributed by atoms with van der Waals surface area (Å²) in [5, 5.41) is 3.24. The topological polar surface area (TPSA) is 73.6 Å². The zero-order valence-electron chi connectivity index (χ0n) is 12.4. The first-order chi connectivity index (χ1) is 10.5. The molecule has 0 saturated carbocycles. The molecule has 0 aromatic heterocycles. The molecule has 5 nitrogen and oxygen atoms in total. The Bertz CT molecular complexity index is 689. The van der Waals surface area contributed by atoms with Crippen molar-refractivity contribution in [1.29, 1.82) is 0 Å². The summed E-state index contributed by atoms with van der Waals surface area (Å²) in [6, 6.07) is 10.4. The van der Waals surface area contributed by atoms with E-state index in [0.717, 1.165) is 0 Å². The number of anilines is 2. The molecule has 2 aromatic rings. The Balaban J connectivity index is 2.16. The molecule has 1 amide bonds. The molecule has 0 radical (unpaired) electrons. The highest BCUT2D eigenvalue weighted by Crippen LogP contribution is 2.32. The second-order valence-corrected chi connectivity index (χ2v) is 5.02. The molecule has 0 heterocycles. The zero-order chi connectivity index (χ0) is 16.1. The third kappa shape index (κ3) is 3.62. The van der Waals surface area contributed by atoms with Crippen LogP contribution in [0.25, 0.3) is 0 Å². The minimum atomic E-state index is -0.216. The van der Waals surface area contributed by atoms with Crippen LogP contribution in [0.2, 0.25) is 5.02 Å². The molecule has 0 bridgehead atoms. The average Bonchev–Trinajstić information content (AvgIpc) is 2.51. The van der Waals surface area contributed by atoms with Crippen LogP contribution in [0.5, 0.6) is 11.5 Å². The summed E-state index contributed by atoms with van der Waals surface area (Å²) in [4.78, 5) is 12.1. The molecule has 2 rings (SSSR count). The van der Waals surface area contributed by atoms with Gasteiger partial charge in [-0.05, 0) is 23.8 Å². The summed E-state index contributed by atoms with van der Waals surface area (Å²) in [7, 11) is 3.06. The van der Waals surface area contributed by atoms with Crippen molar-refractivity contribution in [2.24, 2.45) is 0 Å². The van der Waals surface area contributed by atoms with Gasteiger partial charge in [0.2, 0.25) is 5.91 Å². The van der Waals surface area contributed by atoms with Crippen LogP contribution in [0.15, 0.2) is 36.4 Å². The maximum atomic E-state index is 12.1. The fraction of sp³-hybridized carbons (Fsp3) is 0.188. The van der Waals surface area contributed by atoms with E-state index in [4.69, 9.17) is 26.8 Å². The van der Waals surface area contributed by atoms with Crippen molar-refractivity contribution < 1.29 is 14.3 Å². The van der Waals surface area contributed by atoms with E-state index in [1.54, 1.807) is 36.4 Å². The lowest BCUT2D eigenvalue weighted by molar-refractivity contribution is -0.115. The minimum absolute atomic E-state index is 0.109. The Hall–Kier alpha value is -2.40. The second kappa shape index (κ2) is 7.04. The number of nitrogen functional groups attached to an aromatic ring is 1. The molecule has 116 valence electrons. The van der Waals surface area contributed by atoms with Gasteiger partial charge < -0.3 is 20.5 Å². The van der Waals surface area contributed by atoms with E-state index in [1.165, 1.54) is 14.2 Å². The second-order valence-electron chi connectivity index (χ2n) is 4.61. The Morgan fingerprint density at radius 2 is 1.82 bits per heavy atom. The number of hydrogen-bond acceptors (Lipinski definition) is 4. The number of rotatable bonds is 5. The Morgan fingerprint density at radius 3 is 2.45 bits per heavy atom. The largest absolute Gasteiger partial charge is 0.493 e. The molecule has 0 spiro atoms. The number of benzene rings is 2. The van der Waals surface area contributed by atoms with E-state index in [9.17, 15) is 4.79 Å². The highest BCUT2D eigenvalue weighted by Gasteiger charge is 2.13. The standard InChI is InChI=1S/C16H17ClN2O3/c1-21-14-7-10(12(18)9-15(14)22-2)8-16(20)19-13-6-4-3-5-11(13)17/h3-7,9H,8,18H2,1-2H3,(H,19,20). The quantitative estimate of drug-likeness (QED) is 0.830. The smallest absolute Gasteiger partial charge is 0.228 e. The molecule has 2 aromatic carbocycles. The highest BCUT2D eigenvalue weighted by molar-refractivity contribution is 6.33. The summed E-state index contributed by atoms with van der Waals surface area (Å²) in [5.41, 5.74) is 7.63. The van der Waals surface area contributed by atoms with Gasteiger partial charge in [-0.2, -0.15) is 0 Å². The number of para-hydroxylation sites is 1. The Kier molecular flexibility index (Phi) is 5.12. The molecule has 0 aliphatic heterocycles. The van der Waals surface area contributed by atoms with Crippen molar-refractivity contribution in [3.05, 3.63) is 47.0 Å². The van der Waals surface area contributed by atoms with Crippen LogP contribution in [0.4, 0.5) is 11.4 Å². The number of methoxy groups -OCH3 is 2. The van der Waals surface area contributed by atoms with Crippen molar-refractivity contribution in [2.75, 3.05) is 25.3 Å². The van der Waals surface area contributed by atoms with Crippen LogP contribution in [-0.2, 0) is 11.2 Å². The third-order valence-corrected chi connectivity index (χ3v) is 3.47. The molecule has 0 unspecified atom stereocenters. The number of carbonyl (C=O) groups excluding carboxylic acids is 1. The predicted molar refractivity (Wildman–Crippen MR) is 87.7 cm³/mol. The minimum Gasteiger partial charge on any atom is -0.493 e. The van der Waals surface area contributed by atoms with Crippen LogP contribution < -0.4 is 20.5 Å². The molecule has 0 saturated heterocycles. The highest BCUT2D eigenvalue weighted by atomic mass is 35.5. The predicted octanol–water partition coefficient (Wildman–Crippen LogP) is 3.12. The lowest BCUT2D eigenvalue weighted by Gasteiger charge is -2.13. The van der Waals surface area contributed by atoms with Gasteiger partial charge >= 0.3 is 0 Å². The first-order valence-corrected chi connectivity index (χ1v) is 6.97. The van der Waals surface area contributed by atoms with Crippen LogP contribution in [0.1, 0.15) is 5.56 Å². The molecule has 3 N–H and O–H groups in total. The summed E-state index contributed by atoms with van der Waals surface area (Å²) >= 11 is 6.01. The summed E-state index contributed by atoms with van der Waals surface area (Å²) in [5.74, 6) is 0.833. The molecule has 0 atom stereocenters. The zero-order valence-corrected chi connectivity index (χ0v) is 13.1. The van der Waals surface area contributed by atoms with Gasteiger partial charge in [0, 0.05) is 11.8 Å². The first kappa shape index (κ1) is 16.0. The van der Waals surface area contributed by atoms with Gasteiger partial charge in [-0.3, -0.25) is 4.79 Å². The summed E-state index contributed by atoms with van der Waals surface area (Å²) < 4.78 is 10.4. The van der Waals surface area contributed by atoms with Crippen molar-refractivity contribution >= 4 is 28.9 Å². The maximum absolute atomic E-state index is 12.1. The molecular weight excluding hydrogens is 304 g/mol. The molecule has 0 aliphatic rings. The van der Waals surface area contributed by atoms with Gasteiger partial charge in [0.15, 0.2) is 11.5 Å². The van der Waals surface area contributed by atoms with E-state index in [-0.39, 0.29) is 12.3 Å². The van der Waals surface area contributed by atoms with Crippen LogP contribution in [-0.4, -0.2) is 20.1 Å². The SMILES string of the molecule is COc1cc(N)c(CC(=O)Nc2ccccc2Cl)cc1OC. The van der Waals surface area contributed by atoms with Crippen molar-refractivity contribution in [2.45, 2.75) is 6.42 Å². The van der Waals surface area contributed by atoms with E-state index >= 15 is 0 Å². The van der Waals surface area contributed by atoms with Gasteiger partial charge in [-0.25, -0.2) is 0 Å². The number of amides is 1. The average molecular weight is 321 g/mol.